The van der Waals surface area contributed by atoms with E-state index < -0.39 is 17.4 Å². The molecule has 0 amide bonds. The van der Waals surface area contributed by atoms with Gasteiger partial charge in [0.15, 0.2) is 11.5 Å². The summed E-state index contributed by atoms with van der Waals surface area (Å²) >= 11 is 0. The Kier molecular flexibility index (Phi) is 8.56. The molecule has 0 bridgehead atoms. The maximum atomic E-state index is 12.3. The molecule has 266 valence electrons. The topological polar surface area (TPSA) is 150 Å². The standard InChI is InChI=1S/C29H40O4.C13H11NO3/c1-17-18-7-8-21-27(4,19(18)15-20(30)23(17)31)12-14-29(6)22-16-26(3,24(32)33)10-9-25(22,2)11-13-28(21,29)5;14-9-6-7-11(12(15)8-9)13(16)17-10-4-2-1-3-5-10/h8,15,22,30-31H,7,9-14,16H2,1-6H3,(H,32,33);1-8,15H,14H2. The average Bonchev–Trinajstić information content (AvgIpc) is 3.07. The number of fused-ring (bicyclic) bond motifs is 7. The molecule has 0 spiro atoms. The highest BCUT2D eigenvalue weighted by atomic mass is 16.5. The third kappa shape index (κ3) is 5.42. The van der Waals surface area contributed by atoms with Gasteiger partial charge in [-0.05, 0) is 134 Å². The van der Waals surface area contributed by atoms with Crippen LogP contribution in [-0.4, -0.2) is 32.4 Å². The molecule has 0 aliphatic heterocycles. The maximum absolute atomic E-state index is 12.3. The quantitative estimate of drug-likeness (QED) is 0.0605. The monoisotopic (exact) mass is 681 g/mol. The maximum Gasteiger partial charge on any atom is 0.347 e. The molecule has 6 unspecified atom stereocenters. The first kappa shape index (κ1) is 35.4. The minimum Gasteiger partial charge on any atom is -0.507 e. The Bertz CT molecular complexity index is 1890. The largest absolute Gasteiger partial charge is 0.507 e. The van der Waals surface area contributed by atoms with Crippen molar-refractivity contribution in [2.24, 2.45) is 27.6 Å². The van der Waals surface area contributed by atoms with Gasteiger partial charge in [-0.2, -0.15) is 0 Å². The van der Waals surface area contributed by atoms with Gasteiger partial charge >= 0.3 is 11.9 Å². The van der Waals surface area contributed by atoms with Crippen molar-refractivity contribution in [1.82, 2.24) is 0 Å². The zero-order valence-electron chi connectivity index (χ0n) is 30.1. The number of phenolic OH excluding ortho intramolecular Hbond substituents is 3. The van der Waals surface area contributed by atoms with Gasteiger partial charge in [-0.25, -0.2) is 4.79 Å². The van der Waals surface area contributed by atoms with Gasteiger partial charge in [-0.15, -0.1) is 0 Å². The number of esters is 1. The summed E-state index contributed by atoms with van der Waals surface area (Å²) in [6.07, 6.45) is 10.0. The molecule has 8 nitrogen and oxygen atoms in total. The van der Waals surface area contributed by atoms with Gasteiger partial charge in [-0.1, -0.05) is 57.5 Å². The SMILES string of the molecule is Cc1c(O)c(O)cc2c1CC=C1C2(C)CCC2(C)C3CC(C)(C(=O)O)CCC3(C)CCC12C.Nc1ccc(C(=O)Oc2ccccc2)c(O)c1. The van der Waals surface area contributed by atoms with Crippen molar-refractivity contribution >= 4 is 17.6 Å². The third-order valence-corrected chi connectivity index (χ3v) is 13.8. The number of carbonyl (C=O) groups is 2. The molecular formula is C42H51NO7. The molecule has 50 heavy (non-hydrogen) atoms. The number of phenols is 3. The summed E-state index contributed by atoms with van der Waals surface area (Å²) in [6.45, 7) is 13.5. The molecule has 3 fully saturated rings. The normalized spacial score (nSPS) is 32.4. The number of para-hydroxylation sites is 1. The fourth-order valence-corrected chi connectivity index (χ4v) is 10.3. The number of nitrogens with two attached hydrogens (primary N) is 1. The fraction of sp³-hybridized carbons (Fsp3) is 0.476. The van der Waals surface area contributed by atoms with E-state index in [1.54, 1.807) is 24.3 Å². The first-order valence-electron chi connectivity index (χ1n) is 17.7. The van der Waals surface area contributed by atoms with Crippen LogP contribution in [0.25, 0.3) is 0 Å². The van der Waals surface area contributed by atoms with Crippen molar-refractivity contribution in [2.45, 2.75) is 98.3 Å². The van der Waals surface area contributed by atoms with Crippen molar-refractivity contribution in [3.63, 3.8) is 0 Å². The molecule has 0 heterocycles. The Hall–Kier alpha value is -4.46. The van der Waals surface area contributed by atoms with E-state index in [1.807, 2.05) is 26.0 Å². The zero-order chi connectivity index (χ0) is 36.4. The van der Waals surface area contributed by atoms with Crippen LogP contribution in [0.3, 0.4) is 0 Å². The minimum atomic E-state index is -0.641. The van der Waals surface area contributed by atoms with E-state index in [9.17, 15) is 30.0 Å². The number of benzene rings is 3. The minimum absolute atomic E-state index is 0.00431. The van der Waals surface area contributed by atoms with Crippen LogP contribution >= 0.6 is 0 Å². The Morgan fingerprint density at radius 3 is 2.18 bits per heavy atom. The molecule has 3 aromatic carbocycles. The van der Waals surface area contributed by atoms with Crippen LogP contribution < -0.4 is 10.5 Å². The molecule has 8 heteroatoms. The fourth-order valence-electron chi connectivity index (χ4n) is 10.3. The molecule has 0 aromatic heterocycles. The number of carboxylic acids is 1. The number of rotatable bonds is 3. The van der Waals surface area contributed by atoms with E-state index in [2.05, 4.69) is 33.8 Å². The number of carbonyl (C=O) groups excluding carboxylic acids is 1. The van der Waals surface area contributed by atoms with Crippen molar-refractivity contribution in [3.05, 3.63) is 88.5 Å². The number of anilines is 1. The molecule has 0 saturated heterocycles. The van der Waals surface area contributed by atoms with E-state index >= 15 is 0 Å². The summed E-state index contributed by atoms with van der Waals surface area (Å²) in [7, 11) is 0. The second-order valence-electron chi connectivity index (χ2n) is 16.6. The molecular weight excluding hydrogens is 630 g/mol. The second kappa shape index (κ2) is 12.1. The number of aromatic hydroxyl groups is 3. The summed E-state index contributed by atoms with van der Waals surface area (Å²) in [6, 6.07) is 14.7. The lowest BCUT2D eigenvalue weighted by molar-refractivity contribution is -0.177. The van der Waals surface area contributed by atoms with E-state index in [0.29, 0.717) is 17.4 Å². The van der Waals surface area contributed by atoms with Gasteiger partial charge in [0, 0.05) is 17.2 Å². The Balaban J connectivity index is 0.000000214. The predicted octanol–water partition coefficient (Wildman–Crippen LogP) is 8.84. The number of hydrogen-bond donors (Lipinski definition) is 5. The summed E-state index contributed by atoms with van der Waals surface area (Å²) in [5.41, 5.74) is 9.95. The molecule has 6 N–H and O–H groups in total. The van der Waals surface area contributed by atoms with Crippen molar-refractivity contribution < 1.29 is 34.8 Å². The summed E-state index contributed by atoms with van der Waals surface area (Å²) in [5.74, 6) is -0.663. The average molecular weight is 682 g/mol. The summed E-state index contributed by atoms with van der Waals surface area (Å²) in [4.78, 5) is 24.0. The number of ether oxygens (including phenoxy) is 1. The van der Waals surface area contributed by atoms with E-state index in [4.69, 9.17) is 10.5 Å². The van der Waals surface area contributed by atoms with Crippen LogP contribution in [0.2, 0.25) is 0 Å². The molecule has 3 saturated carbocycles. The van der Waals surface area contributed by atoms with Crippen molar-refractivity contribution in [2.75, 3.05) is 5.73 Å². The third-order valence-electron chi connectivity index (χ3n) is 13.8. The van der Waals surface area contributed by atoms with E-state index in [1.165, 1.54) is 29.3 Å². The molecule has 0 radical (unpaired) electrons. The molecule has 4 aliphatic rings. The highest BCUT2D eigenvalue weighted by Crippen LogP contribution is 2.74. The zero-order valence-corrected chi connectivity index (χ0v) is 30.1. The van der Waals surface area contributed by atoms with Crippen LogP contribution in [0, 0.1) is 34.5 Å². The van der Waals surface area contributed by atoms with Crippen LogP contribution in [0.4, 0.5) is 5.69 Å². The highest BCUT2D eigenvalue weighted by molar-refractivity contribution is 5.94. The second-order valence-corrected chi connectivity index (χ2v) is 16.6. The van der Waals surface area contributed by atoms with Crippen LogP contribution in [0.5, 0.6) is 23.0 Å². The van der Waals surface area contributed by atoms with Gasteiger partial charge in [0.2, 0.25) is 0 Å². The van der Waals surface area contributed by atoms with E-state index in [0.717, 1.165) is 62.5 Å². The first-order valence-corrected chi connectivity index (χ1v) is 17.7. The lowest BCUT2D eigenvalue weighted by Crippen LogP contribution is -2.62. The number of hydrogen-bond acceptors (Lipinski definition) is 7. The number of aliphatic carboxylic acids is 1. The van der Waals surface area contributed by atoms with Gasteiger partial charge in [0.1, 0.15) is 17.1 Å². The predicted molar refractivity (Wildman–Crippen MR) is 193 cm³/mol. The molecule has 7 rings (SSSR count). The molecule has 3 aromatic rings. The van der Waals surface area contributed by atoms with Crippen molar-refractivity contribution in [1.29, 1.82) is 0 Å². The Labute approximate surface area is 295 Å². The van der Waals surface area contributed by atoms with Gasteiger partial charge in [0.05, 0.1) is 5.41 Å². The van der Waals surface area contributed by atoms with Crippen LogP contribution in [0.15, 0.2) is 66.2 Å². The lowest BCUT2D eigenvalue weighted by Gasteiger charge is -2.69. The number of nitrogen functional groups attached to an aromatic ring is 1. The Morgan fingerprint density at radius 2 is 1.52 bits per heavy atom. The number of carboxylic acid groups (broad SMARTS) is 1. The lowest BCUT2D eigenvalue weighted by atomic mass is 9.34. The molecule has 6 atom stereocenters. The van der Waals surface area contributed by atoms with E-state index in [-0.39, 0.29) is 44.5 Å². The number of allylic oxidation sites excluding steroid dienone is 2. The van der Waals surface area contributed by atoms with Crippen LogP contribution in [0.1, 0.15) is 107 Å². The summed E-state index contributed by atoms with van der Waals surface area (Å²) < 4.78 is 5.08. The van der Waals surface area contributed by atoms with Gasteiger partial charge in [-0.3, -0.25) is 4.79 Å². The van der Waals surface area contributed by atoms with Crippen molar-refractivity contribution in [3.8, 4) is 23.0 Å². The van der Waals surface area contributed by atoms with Gasteiger partial charge < -0.3 is 30.9 Å². The van der Waals surface area contributed by atoms with Gasteiger partial charge in [0.25, 0.3) is 0 Å². The first-order chi connectivity index (χ1) is 23.4. The highest BCUT2D eigenvalue weighted by Gasteiger charge is 2.67. The van der Waals surface area contributed by atoms with Crippen LogP contribution in [-0.2, 0) is 16.6 Å². The summed E-state index contributed by atoms with van der Waals surface area (Å²) in [5, 5.41) is 40.5. The Morgan fingerprint density at radius 1 is 0.840 bits per heavy atom. The smallest absolute Gasteiger partial charge is 0.347 e. The molecule has 4 aliphatic carbocycles.